The van der Waals surface area contributed by atoms with E-state index in [-0.39, 0.29) is 0 Å². The van der Waals surface area contributed by atoms with Crippen molar-refractivity contribution in [3.8, 4) is 0 Å². The first-order chi connectivity index (χ1) is 8.62. The van der Waals surface area contributed by atoms with Crippen LogP contribution in [-0.4, -0.2) is 55.6 Å². The molecule has 1 atom stereocenters. The Hall–Kier alpha value is 0.0169. The Morgan fingerprint density at radius 1 is 1.28 bits per heavy atom. The third kappa shape index (κ3) is 6.26. The summed E-state index contributed by atoms with van der Waals surface area (Å²) in [5, 5.41) is 0. The van der Waals surface area contributed by atoms with Gasteiger partial charge in [0, 0.05) is 33.5 Å². The zero-order chi connectivity index (χ0) is 13.4. The highest BCUT2D eigenvalue weighted by Crippen LogP contribution is 2.18. The predicted octanol–water partition coefficient (Wildman–Crippen LogP) is 1.70. The Kier molecular flexibility index (Phi) is 7.36. The summed E-state index contributed by atoms with van der Waals surface area (Å²) in [5.74, 6) is 0.477. The van der Waals surface area contributed by atoms with Crippen LogP contribution in [0.4, 0.5) is 0 Å². The van der Waals surface area contributed by atoms with Gasteiger partial charge >= 0.3 is 8.80 Å². The van der Waals surface area contributed by atoms with Gasteiger partial charge in [0.25, 0.3) is 0 Å². The van der Waals surface area contributed by atoms with Crippen LogP contribution >= 0.6 is 0 Å². The first-order valence-electron chi connectivity index (χ1n) is 6.55. The molecule has 0 bridgehead atoms. The lowest BCUT2D eigenvalue weighted by Crippen LogP contribution is -2.44. The lowest BCUT2D eigenvalue weighted by Gasteiger charge is -2.27. The normalized spacial score (nSPS) is 19.5. The zero-order valence-electron chi connectivity index (χ0n) is 11.9. The molecule has 0 aliphatic carbocycles. The number of epoxide rings is 1. The Labute approximate surface area is 111 Å². The highest BCUT2D eigenvalue weighted by Gasteiger charge is 2.38. The second kappa shape index (κ2) is 8.24. The molecule has 1 aliphatic rings. The maximum absolute atomic E-state index is 5.84. The predicted molar refractivity (Wildman–Crippen MR) is 70.5 cm³/mol. The van der Waals surface area contributed by atoms with Gasteiger partial charge in [0.2, 0.25) is 0 Å². The smallest absolute Gasteiger partial charge is 0.379 e. The first-order valence-corrected chi connectivity index (χ1v) is 8.48. The highest BCUT2D eigenvalue weighted by atomic mass is 28.4. The Morgan fingerprint density at radius 2 is 1.94 bits per heavy atom. The number of ether oxygens (including phenoxy) is 2. The van der Waals surface area contributed by atoms with Crippen LogP contribution in [0.3, 0.4) is 0 Å². The molecule has 1 unspecified atom stereocenters. The minimum atomic E-state index is -2.48. The van der Waals surface area contributed by atoms with Crippen LogP contribution in [0.1, 0.15) is 20.3 Å². The molecular formula is C12H26O5Si. The van der Waals surface area contributed by atoms with Crippen molar-refractivity contribution in [1.29, 1.82) is 0 Å². The van der Waals surface area contributed by atoms with E-state index in [1.807, 2.05) is 0 Å². The molecule has 0 aromatic rings. The van der Waals surface area contributed by atoms with Gasteiger partial charge < -0.3 is 22.8 Å². The van der Waals surface area contributed by atoms with Crippen LogP contribution in [0.25, 0.3) is 0 Å². The minimum absolute atomic E-state index is 0.328. The standard InChI is InChI=1S/C12H26O5Si/c1-11(2)8-17-18(13-3,14-4)7-5-6-15-9-12-10-16-12/h11-12H,5-10H2,1-4H3. The van der Waals surface area contributed by atoms with Gasteiger partial charge in [-0.1, -0.05) is 13.8 Å². The van der Waals surface area contributed by atoms with Crippen LogP contribution in [0.15, 0.2) is 0 Å². The molecular weight excluding hydrogens is 252 g/mol. The lowest BCUT2D eigenvalue weighted by atomic mass is 10.2. The highest BCUT2D eigenvalue weighted by molar-refractivity contribution is 6.60. The fourth-order valence-corrected chi connectivity index (χ4v) is 3.66. The molecule has 0 radical (unpaired) electrons. The molecule has 1 fully saturated rings. The fourth-order valence-electron chi connectivity index (χ4n) is 1.54. The second-order valence-corrected chi connectivity index (χ2v) is 7.90. The van der Waals surface area contributed by atoms with Crippen LogP contribution in [0, 0.1) is 5.92 Å². The van der Waals surface area contributed by atoms with E-state index in [1.165, 1.54) is 0 Å². The minimum Gasteiger partial charge on any atom is -0.379 e. The van der Waals surface area contributed by atoms with E-state index in [0.717, 1.165) is 19.1 Å². The van der Waals surface area contributed by atoms with Gasteiger partial charge in [0.05, 0.1) is 13.2 Å². The van der Waals surface area contributed by atoms with Crippen molar-refractivity contribution < 1.29 is 22.8 Å². The average molecular weight is 278 g/mol. The van der Waals surface area contributed by atoms with Crippen molar-refractivity contribution in [2.75, 3.05) is 40.6 Å². The molecule has 108 valence electrons. The first kappa shape index (κ1) is 16.1. The summed E-state index contributed by atoms with van der Waals surface area (Å²) in [6.45, 7) is 7.14. The molecule has 1 heterocycles. The summed E-state index contributed by atoms with van der Waals surface area (Å²) in [5.41, 5.74) is 0. The molecule has 0 spiro atoms. The quantitative estimate of drug-likeness (QED) is 0.327. The molecule has 1 rings (SSSR count). The Bertz CT molecular complexity index is 217. The van der Waals surface area contributed by atoms with E-state index in [9.17, 15) is 0 Å². The van der Waals surface area contributed by atoms with Crippen LogP contribution < -0.4 is 0 Å². The monoisotopic (exact) mass is 278 g/mol. The molecule has 0 saturated carbocycles. The summed E-state index contributed by atoms with van der Waals surface area (Å²) >= 11 is 0. The number of rotatable bonds is 11. The summed E-state index contributed by atoms with van der Waals surface area (Å²) in [7, 11) is 0.844. The van der Waals surface area contributed by atoms with Crippen LogP contribution in [0.2, 0.25) is 6.04 Å². The molecule has 0 N–H and O–H groups in total. The molecule has 5 nitrogen and oxygen atoms in total. The van der Waals surface area contributed by atoms with E-state index in [4.69, 9.17) is 22.8 Å². The van der Waals surface area contributed by atoms with Gasteiger partial charge in [-0.15, -0.1) is 0 Å². The third-order valence-electron chi connectivity index (χ3n) is 2.74. The molecule has 1 saturated heterocycles. The summed E-state index contributed by atoms with van der Waals surface area (Å²) < 4.78 is 27.4. The number of hydrogen-bond acceptors (Lipinski definition) is 5. The van der Waals surface area contributed by atoms with E-state index in [2.05, 4.69) is 13.8 Å². The Morgan fingerprint density at radius 3 is 2.44 bits per heavy atom. The van der Waals surface area contributed by atoms with Crippen molar-refractivity contribution in [2.45, 2.75) is 32.4 Å². The maximum atomic E-state index is 5.84. The summed E-state index contributed by atoms with van der Waals surface area (Å²) in [6, 6.07) is 0.790. The molecule has 0 aromatic carbocycles. The van der Waals surface area contributed by atoms with Crippen LogP contribution in [-0.2, 0) is 22.8 Å². The largest absolute Gasteiger partial charge is 0.500 e. The summed E-state index contributed by atoms with van der Waals surface area (Å²) in [4.78, 5) is 0. The maximum Gasteiger partial charge on any atom is 0.500 e. The fraction of sp³-hybridized carbons (Fsp3) is 1.00. The molecule has 6 heteroatoms. The number of hydrogen-bond donors (Lipinski definition) is 0. The van der Waals surface area contributed by atoms with Crippen molar-refractivity contribution in [2.24, 2.45) is 5.92 Å². The van der Waals surface area contributed by atoms with Crippen molar-refractivity contribution >= 4 is 8.80 Å². The third-order valence-corrected chi connectivity index (χ3v) is 5.55. The lowest BCUT2D eigenvalue weighted by molar-refractivity contribution is 0.0781. The SMILES string of the molecule is CO[Si](CCCOCC1CO1)(OC)OCC(C)C. The van der Waals surface area contributed by atoms with E-state index in [0.29, 0.717) is 31.8 Å². The van der Waals surface area contributed by atoms with Gasteiger partial charge in [-0.2, -0.15) is 0 Å². The van der Waals surface area contributed by atoms with E-state index < -0.39 is 8.80 Å². The average Bonchev–Trinajstić information content (AvgIpc) is 3.17. The van der Waals surface area contributed by atoms with Crippen molar-refractivity contribution in [1.82, 2.24) is 0 Å². The van der Waals surface area contributed by atoms with Crippen LogP contribution in [0.5, 0.6) is 0 Å². The van der Waals surface area contributed by atoms with Gasteiger partial charge in [0.1, 0.15) is 6.10 Å². The van der Waals surface area contributed by atoms with E-state index in [1.54, 1.807) is 14.2 Å². The molecule has 0 aromatic heterocycles. The van der Waals surface area contributed by atoms with Gasteiger partial charge in [-0.05, 0) is 12.3 Å². The molecule has 1 aliphatic heterocycles. The topological polar surface area (TPSA) is 49.5 Å². The molecule has 18 heavy (non-hydrogen) atoms. The second-order valence-electron chi connectivity index (χ2n) is 4.93. The van der Waals surface area contributed by atoms with Gasteiger partial charge in [-0.25, -0.2) is 0 Å². The van der Waals surface area contributed by atoms with Crippen molar-refractivity contribution in [3.63, 3.8) is 0 Å². The Balaban J connectivity index is 2.17. The van der Waals surface area contributed by atoms with E-state index >= 15 is 0 Å². The van der Waals surface area contributed by atoms with Crippen molar-refractivity contribution in [3.05, 3.63) is 0 Å². The zero-order valence-corrected chi connectivity index (χ0v) is 12.9. The van der Waals surface area contributed by atoms with Gasteiger partial charge in [0.15, 0.2) is 0 Å². The van der Waals surface area contributed by atoms with Gasteiger partial charge in [-0.3, -0.25) is 0 Å². The molecule has 0 amide bonds. The summed E-state index contributed by atoms with van der Waals surface area (Å²) in [6.07, 6.45) is 1.22.